The maximum Gasteiger partial charge on any atom is 0.161 e. The molecule has 0 radical (unpaired) electrons. The van der Waals surface area contributed by atoms with Crippen LogP contribution in [-0.2, 0) is 0 Å². The van der Waals surface area contributed by atoms with E-state index in [4.69, 9.17) is 17.3 Å². The Labute approximate surface area is 149 Å². The summed E-state index contributed by atoms with van der Waals surface area (Å²) in [6.45, 7) is 7.04. The number of hydrogen-bond acceptors (Lipinski definition) is 4. The van der Waals surface area contributed by atoms with Crippen molar-refractivity contribution in [2.75, 3.05) is 5.73 Å². The zero-order valence-electron chi connectivity index (χ0n) is 13.9. The molecule has 3 rings (SSSR count). The average molecular weight is 365 g/mol. The van der Waals surface area contributed by atoms with Crippen molar-refractivity contribution in [2.45, 2.75) is 27.7 Å². The van der Waals surface area contributed by atoms with Gasteiger partial charge in [-0.05, 0) is 74.6 Å². The van der Waals surface area contributed by atoms with Crippen LogP contribution in [0.3, 0.4) is 0 Å². The van der Waals surface area contributed by atoms with E-state index in [9.17, 15) is 9.18 Å². The van der Waals surface area contributed by atoms with E-state index >= 15 is 0 Å². The number of carbonyl (C=O) groups is 1. The predicted octanol–water partition coefficient (Wildman–Crippen LogP) is 5.49. The first-order valence-electron chi connectivity index (χ1n) is 7.29. The van der Waals surface area contributed by atoms with Gasteiger partial charge in [0.2, 0.25) is 0 Å². The number of anilines is 1. The molecule has 0 saturated carbocycles. The van der Waals surface area contributed by atoms with Gasteiger partial charge in [0.05, 0.1) is 15.4 Å². The number of ketones is 1. The molecular weight excluding hydrogens is 347 g/mol. The SMILES string of the molecule is CC(=O)c1cc(C)c(F)cc1Cl.Cc1cc2c(C)nsc2cc1N. The molecule has 0 aliphatic rings. The first-order chi connectivity index (χ1) is 11.2. The predicted molar refractivity (Wildman–Crippen MR) is 99.7 cm³/mol. The number of nitrogens with zero attached hydrogens (tertiary/aromatic N) is 1. The summed E-state index contributed by atoms with van der Waals surface area (Å²) in [6.07, 6.45) is 0. The smallest absolute Gasteiger partial charge is 0.161 e. The van der Waals surface area contributed by atoms with Crippen LogP contribution in [0, 0.1) is 26.6 Å². The fourth-order valence-corrected chi connectivity index (χ4v) is 3.26. The summed E-state index contributed by atoms with van der Waals surface area (Å²) in [4.78, 5) is 10.9. The number of Topliss-reactive ketones (excluding diaryl/α,β-unsaturated/α-hetero) is 1. The second kappa shape index (κ2) is 7.28. The molecule has 3 aromatic rings. The van der Waals surface area contributed by atoms with Crippen LogP contribution in [-0.4, -0.2) is 10.2 Å². The molecule has 0 saturated heterocycles. The molecule has 2 N–H and O–H groups in total. The summed E-state index contributed by atoms with van der Waals surface area (Å²) in [6, 6.07) is 6.71. The molecule has 0 amide bonds. The normalized spacial score (nSPS) is 10.4. The molecule has 2 aromatic carbocycles. The minimum atomic E-state index is -0.384. The van der Waals surface area contributed by atoms with E-state index in [-0.39, 0.29) is 16.6 Å². The number of nitrogens with two attached hydrogens (primary N) is 1. The van der Waals surface area contributed by atoms with Crippen molar-refractivity contribution >= 4 is 44.7 Å². The Morgan fingerprint density at radius 1 is 1.17 bits per heavy atom. The summed E-state index contributed by atoms with van der Waals surface area (Å²) < 4.78 is 18.3. The monoisotopic (exact) mass is 364 g/mol. The Bertz CT molecular complexity index is 921. The maximum atomic E-state index is 12.8. The Morgan fingerprint density at radius 3 is 2.46 bits per heavy atom. The van der Waals surface area contributed by atoms with Gasteiger partial charge in [-0.25, -0.2) is 4.39 Å². The quantitative estimate of drug-likeness (QED) is 0.459. The van der Waals surface area contributed by atoms with E-state index in [1.165, 1.54) is 34.6 Å². The molecule has 0 aliphatic heterocycles. The van der Waals surface area contributed by atoms with Crippen molar-refractivity contribution in [3.8, 4) is 0 Å². The molecular formula is C18H18ClFN2OS. The third-order valence-corrected chi connectivity index (χ3v) is 4.88. The highest BCUT2D eigenvalue weighted by molar-refractivity contribution is 7.13. The fraction of sp³-hybridized carbons (Fsp3) is 0.222. The van der Waals surface area contributed by atoms with Crippen molar-refractivity contribution in [1.82, 2.24) is 4.37 Å². The topological polar surface area (TPSA) is 56.0 Å². The van der Waals surface area contributed by atoms with Gasteiger partial charge in [0.25, 0.3) is 0 Å². The van der Waals surface area contributed by atoms with Gasteiger partial charge < -0.3 is 5.73 Å². The van der Waals surface area contributed by atoms with E-state index in [0.29, 0.717) is 11.1 Å². The van der Waals surface area contributed by atoms with Gasteiger partial charge in [-0.2, -0.15) is 4.37 Å². The van der Waals surface area contributed by atoms with Crippen molar-refractivity contribution < 1.29 is 9.18 Å². The van der Waals surface area contributed by atoms with Crippen LogP contribution in [0.15, 0.2) is 24.3 Å². The number of aryl methyl sites for hydroxylation is 3. The molecule has 24 heavy (non-hydrogen) atoms. The molecule has 1 aromatic heterocycles. The second-order valence-corrected chi connectivity index (χ2v) is 6.82. The lowest BCUT2D eigenvalue weighted by Gasteiger charge is -2.02. The van der Waals surface area contributed by atoms with Gasteiger partial charge in [0.15, 0.2) is 5.78 Å². The van der Waals surface area contributed by atoms with Gasteiger partial charge >= 0.3 is 0 Å². The van der Waals surface area contributed by atoms with Gasteiger partial charge in [0, 0.05) is 16.6 Å². The maximum absolute atomic E-state index is 12.8. The molecule has 0 aliphatic carbocycles. The lowest BCUT2D eigenvalue weighted by atomic mass is 10.1. The summed E-state index contributed by atoms with van der Waals surface area (Å²) in [7, 11) is 0. The molecule has 126 valence electrons. The highest BCUT2D eigenvalue weighted by atomic mass is 35.5. The van der Waals surface area contributed by atoms with Crippen molar-refractivity contribution in [3.63, 3.8) is 0 Å². The number of benzene rings is 2. The van der Waals surface area contributed by atoms with E-state index in [1.54, 1.807) is 6.92 Å². The summed E-state index contributed by atoms with van der Waals surface area (Å²) in [5, 5.41) is 1.40. The van der Waals surface area contributed by atoms with Crippen LogP contribution < -0.4 is 5.73 Å². The second-order valence-electron chi connectivity index (χ2n) is 5.61. The molecule has 3 nitrogen and oxygen atoms in total. The number of rotatable bonds is 1. The molecule has 0 unspecified atom stereocenters. The molecule has 1 heterocycles. The largest absolute Gasteiger partial charge is 0.398 e. The number of hydrogen-bond donors (Lipinski definition) is 1. The Hall–Kier alpha value is -1.98. The van der Waals surface area contributed by atoms with Gasteiger partial charge in [0.1, 0.15) is 5.82 Å². The Morgan fingerprint density at radius 2 is 1.83 bits per heavy atom. The van der Waals surface area contributed by atoms with Crippen molar-refractivity contribution in [1.29, 1.82) is 0 Å². The van der Waals surface area contributed by atoms with Gasteiger partial charge in [-0.1, -0.05) is 11.6 Å². The fourth-order valence-electron chi connectivity index (χ4n) is 2.16. The van der Waals surface area contributed by atoms with E-state index < -0.39 is 0 Å². The number of nitrogen functional groups attached to an aromatic ring is 1. The summed E-state index contributed by atoms with van der Waals surface area (Å²) in [5.41, 5.74) is 9.66. The van der Waals surface area contributed by atoms with E-state index in [0.717, 1.165) is 23.0 Å². The van der Waals surface area contributed by atoms with Gasteiger partial charge in [-0.3, -0.25) is 4.79 Å². The number of fused-ring (bicyclic) bond motifs is 1. The highest BCUT2D eigenvalue weighted by Gasteiger charge is 2.08. The first-order valence-corrected chi connectivity index (χ1v) is 8.44. The Kier molecular flexibility index (Phi) is 5.57. The lowest BCUT2D eigenvalue weighted by molar-refractivity contribution is 0.101. The highest BCUT2D eigenvalue weighted by Crippen LogP contribution is 2.26. The van der Waals surface area contributed by atoms with Crippen LogP contribution >= 0.6 is 23.1 Å². The Balaban J connectivity index is 0.000000174. The molecule has 0 atom stereocenters. The number of aromatic nitrogens is 1. The molecule has 0 fully saturated rings. The van der Waals surface area contributed by atoms with E-state index in [1.807, 2.05) is 19.9 Å². The summed E-state index contributed by atoms with van der Waals surface area (Å²) >= 11 is 7.14. The molecule has 0 spiro atoms. The van der Waals surface area contributed by atoms with Crippen molar-refractivity contribution in [3.05, 3.63) is 57.5 Å². The zero-order valence-corrected chi connectivity index (χ0v) is 15.5. The molecule has 6 heteroatoms. The third kappa shape index (κ3) is 3.91. The van der Waals surface area contributed by atoms with Crippen LogP contribution in [0.4, 0.5) is 10.1 Å². The van der Waals surface area contributed by atoms with Crippen LogP contribution in [0.25, 0.3) is 10.1 Å². The van der Waals surface area contributed by atoms with Crippen LogP contribution in [0.2, 0.25) is 5.02 Å². The number of halogens is 2. The minimum absolute atomic E-state index is 0.150. The van der Waals surface area contributed by atoms with Crippen LogP contribution in [0.1, 0.15) is 34.1 Å². The van der Waals surface area contributed by atoms with Gasteiger partial charge in [-0.15, -0.1) is 0 Å². The van der Waals surface area contributed by atoms with Crippen molar-refractivity contribution in [2.24, 2.45) is 0 Å². The van der Waals surface area contributed by atoms with E-state index in [2.05, 4.69) is 10.4 Å². The number of carbonyl (C=O) groups excluding carboxylic acids is 1. The lowest BCUT2D eigenvalue weighted by Crippen LogP contribution is -1.95. The third-order valence-electron chi connectivity index (χ3n) is 3.67. The van der Waals surface area contributed by atoms with Crippen LogP contribution in [0.5, 0.6) is 0 Å². The molecule has 0 bridgehead atoms. The average Bonchev–Trinajstić information content (AvgIpc) is 2.85. The first kappa shape index (κ1) is 18.4. The summed E-state index contributed by atoms with van der Waals surface area (Å²) in [5.74, 6) is -0.534. The zero-order chi connectivity index (χ0) is 18.0. The standard InChI is InChI=1S/C9H8ClFO.C9H10N2S/c1-5-3-7(6(2)12)8(10)4-9(5)11;1-5-3-7-6(2)11-12-9(7)4-8(5)10/h3-4H,1-2H3;3-4H,10H2,1-2H3. The minimum Gasteiger partial charge on any atom is -0.398 e.